The Morgan fingerprint density at radius 2 is 1.82 bits per heavy atom. The van der Waals surface area contributed by atoms with Crippen molar-refractivity contribution in [1.29, 1.82) is 0 Å². The number of nitrogens with one attached hydrogen (secondary N) is 1. The van der Waals surface area contributed by atoms with E-state index < -0.39 is 0 Å². The van der Waals surface area contributed by atoms with E-state index in [0.29, 0.717) is 5.41 Å². The maximum atomic E-state index is 6.06. The van der Waals surface area contributed by atoms with Gasteiger partial charge >= 0.3 is 0 Å². The molecule has 1 N–H and O–H groups in total. The molecule has 2 heteroatoms. The van der Waals surface area contributed by atoms with E-state index in [4.69, 9.17) is 11.2 Å². The molecule has 98 valence electrons. The zero-order valence-electron chi connectivity index (χ0n) is 11.8. The SMILES string of the molecule is C#CC(NCC)C1(OCC)CCC(C)(C)CC1. The molecule has 1 aliphatic carbocycles. The Hall–Kier alpha value is -0.520. The van der Waals surface area contributed by atoms with Crippen LogP contribution >= 0.6 is 0 Å². The van der Waals surface area contributed by atoms with Gasteiger partial charge in [-0.05, 0) is 44.6 Å². The molecule has 17 heavy (non-hydrogen) atoms. The van der Waals surface area contributed by atoms with Crippen LogP contribution in [-0.4, -0.2) is 24.8 Å². The molecule has 1 rings (SSSR count). The largest absolute Gasteiger partial charge is 0.373 e. The molecule has 0 aromatic heterocycles. The highest BCUT2D eigenvalue weighted by atomic mass is 16.5. The van der Waals surface area contributed by atoms with Gasteiger partial charge in [0.15, 0.2) is 0 Å². The van der Waals surface area contributed by atoms with Crippen LogP contribution in [0, 0.1) is 17.8 Å². The van der Waals surface area contributed by atoms with Crippen molar-refractivity contribution >= 4 is 0 Å². The first kappa shape index (κ1) is 14.5. The van der Waals surface area contributed by atoms with Gasteiger partial charge in [-0.25, -0.2) is 0 Å². The Bertz CT molecular complexity index is 267. The monoisotopic (exact) mass is 237 g/mol. The van der Waals surface area contributed by atoms with Crippen LogP contribution < -0.4 is 5.32 Å². The van der Waals surface area contributed by atoms with Crippen LogP contribution in [0.25, 0.3) is 0 Å². The molecule has 0 saturated heterocycles. The van der Waals surface area contributed by atoms with Crippen molar-refractivity contribution in [3.05, 3.63) is 0 Å². The van der Waals surface area contributed by atoms with Gasteiger partial charge in [0.1, 0.15) is 0 Å². The van der Waals surface area contributed by atoms with Gasteiger partial charge in [-0.1, -0.05) is 26.7 Å². The van der Waals surface area contributed by atoms with Crippen molar-refractivity contribution in [3.8, 4) is 12.3 Å². The summed E-state index contributed by atoms with van der Waals surface area (Å²) in [6.45, 7) is 10.5. The zero-order chi connectivity index (χ0) is 12.9. The molecule has 2 nitrogen and oxygen atoms in total. The molecule has 1 unspecified atom stereocenters. The normalized spacial score (nSPS) is 23.9. The standard InChI is InChI=1S/C15H27NO/c1-6-13(16-7-2)15(17-8-3)11-9-14(4,5)10-12-15/h1,13,16H,7-12H2,2-5H3. The van der Waals surface area contributed by atoms with Gasteiger partial charge in [-0.15, -0.1) is 6.42 Å². The Balaban J connectivity index is 2.80. The third kappa shape index (κ3) is 3.47. The third-order valence-electron chi connectivity index (χ3n) is 3.98. The molecule has 1 atom stereocenters. The van der Waals surface area contributed by atoms with Crippen molar-refractivity contribution in [3.63, 3.8) is 0 Å². The summed E-state index contributed by atoms with van der Waals surface area (Å²) >= 11 is 0. The Morgan fingerprint density at radius 1 is 1.24 bits per heavy atom. The summed E-state index contributed by atoms with van der Waals surface area (Å²) in [5.74, 6) is 2.89. The fraction of sp³-hybridized carbons (Fsp3) is 0.867. The molecule has 1 fully saturated rings. The second kappa shape index (κ2) is 5.89. The second-order valence-electron chi connectivity index (χ2n) is 5.82. The van der Waals surface area contributed by atoms with Crippen molar-refractivity contribution < 1.29 is 4.74 Å². The summed E-state index contributed by atoms with van der Waals surface area (Å²) < 4.78 is 6.06. The van der Waals surface area contributed by atoms with Crippen LogP contribution in [0.3, 0.4) is 0 Å². The van der Waals surface area contributed by atoms with Crippen LogP contribution in [0.2, 0.25) is 0 Å². The lowest BCUT2D eigenvalue weighted by Gasteiger charge is -2.46. The Kier molecular flexibility index (Phi) is 5.04. The first-order valence-corrected chi connectivity index (χ1v) is 6.83. The average molecular weight is 237 g/mol. The van der Waals surface area contributed by atoms with Gasteiger partial charge in [-0.3, -0.25) is 0 Å². The van der Waals surface area contributed by atoms with E-state index >= 15 is 0 Å². The smallest absolute Gasteiger partial charge is 0.0981 e. The minimum Gasteiger partial charge on any atom is -0.373 e. The van der Waals surface area contributed by atoms with Crippen LogP contribution in [0.5, 0.6) is 0 Å². The average Bonchev–Trinajstić information content (AvgIpc) is 2.30. The predicted molar refractivity (Wildman–Crippen MR) is 72.9 cm³/mol. The van der Waals surface area contributed by atoms with E-state index in [0.717, 1.165) is 26.0 Å². The minimum atomic E-state index is -0.144. The molecule has 1 aliphatic rings. The van der Waals surface area contributed by atoms with E-state index in [1.807, 2.05) is 0 Å². The number of ether oxygens (including phenoxy) is 1. The first-order valence-electron chi connectivity index (χ1n) is 6.83. The van der Waals surface area contributed by atoms with Crippen molar-refractivity contribution in [2.45, 2.75) is 65.0 Å². The summed E-state index contributed by atoms with van der Waals surface area (Å²) in [6.07, 6.45) is 10.2. The molecular weight excluding hydrogens is 210 g/mol. The van der Waals surface area contributed by atoms with Crippen LogP contribution in [0.15, 0.2) is 0 Å². The van der Waals surface area contributed by atoms with E-state index in [1.54, 1.807) is 0 Å². The molecule has 1 saturated carbocycles. The van der Waals surface area contributed by atoms with Crippen LogP contribution in [-0.2, 0) is 4.74 Å². The molecule has 0 bridgehead atoms. The summed E-state index contributed by atoms with van der Waals surface area (Å²) in [6, 6.07) is 0.0450. The second-order valence-corrected chi connectivity index (χ2v) is 5.82. The lowest BCUT2D eigenvalue weighted by Crippen LogP contribution is -2.54. The van der Waals surface area contributed by atoms with Crippen molar-refractivity contribution in [2.24, 2.45) is 5.41 Å². The van der Waals surface area contributed by atoms with E-state index in [2.05, 4.69) is 38.9 Å². The molecular formula is C15H27NO. The quantitative estimate of drug-likeness (QED) is 0.742. The van der Waals surface area contributed by atoms with E-state index in [1.165, 1.54) is 12.8 Å². The van der Waals surface area contributed by atoms with Crippen LogP contribution in [0.4, 0.5) is 0 Å². The molecule has 0 aliphatic heterocycles. The predicted octanol–water partition coefficient (Wildman–Crippen LogP) is 2.97. The summed E-state index contributed by atoms with van der Waals surface area (Å²) in [5, 5.41) is 3.39. The maximum Gasteiger partial charge on any atom is 0.0981 e. The number of likely N-dealkylation sites (N-methyl/N-ethyl adjacent to an activating group) is 1. The third-order valence-corrected chi connectivity index (χ3v) is 3.98. The molecule has 0 radical (unpaired) electrons. The summed E-state index contributed by atoms with van der Waals surface area (Å²) in [4.78, 5) is 0. The molecule has 0 amide bonds. The first-order chi connectivity index (χ1) is 7.99. The zero-order valence-corrected chi connectivity index (χ0v) is 11.8. The molecule has 0 spiro atoms. The van der Waals surface area contributed by atoms with E-state index in [-0.39, 0.29) is 11.6 Å². The highest BCUT2D eigenvalue weighted by molar-refractivity contribution is 5.12. The van der Waals surface area contributed by atoms with Gasteiger partial charge in [-0.2, -0.15) is 0 Å². The fourth-order valence-electron chi connectivity index (χ4n) is 2.75. The lowest BCUT2D eigenvalue weighted by atomic mass is 9.68. The van der Waals surface area contributed by atoms with Crippen LogP contribution in [0.1, 0.15) is 53.4 Å². The van der Waals surface area contributed by atoms with Crippen molar-refractivity contribution in [1.82, 2.24) is 5.32 Å². The maximum absolute atomic E-state index is 6.06. The number of terminal acetylenes is 1. The van der Waals surface area contributed by atoms with Gasteiger partial charge in [0.25, 0.3) is 0 Å². The van der Waals surface area contributed by atoms with Gasteiger partial charge in [0, 0.05) is 6.61 Å². The highest BCUT2D eigenvalue weighted by Crippen LogP contribution is 2.43. The Labute approximate surface area is 107 Å². The molecule has 0 heterocycles. The van der Waals surface area contributed by atoms with Crippen molar-refractivity contribution in [2.75, 3.05) is 13.2 Å². The lowest BCUT2D eigenvalue weighted by molar-refractivity contribution is -0.0946. The number of hydrogen-bond donors (Lipinski definition) is 1. The highest BCUT2D eigenvalue weighted by Gasteiger charge is 2.43. The number of rotatable bonds is 5. The number of hydrogen-bond acceptors (Lipinski definition) is 2. The minimum absolute atomic E-state index is 0.0450. The van der Waals surface area contributed by atoms with Gasteiger partial charge < -0.3 is 10.1 Å². The molecule has 0 aromatic rings. The Morgan fingerprint density at radius 3 is 2.24 bits per heavy atom. The van der Waals surface area contributed by atoms with Gasteiger partial charge in [0.05, 0.1) is 11.6 Å². The molecule has 0 aromatic carbocycles. The summed E-state index contributed by atoms with van der Waals surface area (Å²) in [7, 11) is 0. The summed E-state index contributed by atoms with van der Waals surface area (Å²) in [5.41, 5.74) is 0.293. The fourth-order valence-corrected chi connectivity index (χ4v) is 2.75. The van der Waals surface area contributed by atoms with E-state index in [9.17, 15) is 0 Å². The topological polar surface area (TPSA) is 21.3 Å². The van der Waals surface area contributed by atoms with Gasteiger partial charge in [0.2, 0.25) is 0 Å².